The highest BCUT2D eigenvalue weighted by molar-refractivity contribution is 5.76. The third-order valence-corrected chi connectivity index (χ3v) is 3.41. The molecule has 1 aromatic heterocycles. The van der Waals surface area contributed by atoms with Crippen LogP contribution in [0.3, 0.4) is 0 Å². The lowest BCUT2D eigenvalue weighted by Crippen LogP contribution is -2.30. The van der Waals surface area contributed by atoms with E-state index in [9.17, 15) is 9.59 Å². The highest BCUT2D eigenvalue weighted by Gasteiger charge is 2.10. The molecule has 1 amide bonds. The van der Waals surface area contributed by atoms with E-state index in [-0.39, 0.29) is 31.4 Å². The molecular weight excluding hydrogens is 272 g/mol. The first-order chi connectivity index (χ1) is 10.1. The summed E-state index contributed by atoms with van der Waals surface area (Å²) in [7, 11) is 0. The van der Waals surface area contributed by atoms with Crippen molar-refractivity contribution in [2.45, 2.75) is 26.3 Å². The van der Waals surface area contributed by atoms with Crippen LogP contribution >= 0.6 is 0 Å². The third-order valence-electron chi connectivity index (χ3n) is 3.41. The van der Waals surface area contributed by atoms with Crippen molar-refractivity contribution < 1.29 is 14.3 Å². The largest absolute Gasteiger partial charge is 0.419 e. The van der Waals surface area contributed by atoms with Crippen molar-refractivity contribution in [1.82, 2.24) is 9.88 Å². The summed E-state index contributed by atoms with van der Waals surface area (Å²) in [6, 6.07) is 7.14. The molecule has 0 saturated carbocycles. The van der Waals surface area contributed by atoms with Gasteiger partial charge in [0.05, 0.1) is 5.52 Å². The van der Waals surface area contributed by atoms with Crippen LogP contribution in [0.5, 0.6) is 0 Å². The fourth-order valence-electron chi connectivity index (χ4n) is 2.14. The van der Waals surface area contributed by atoms with Crippen LogP contribution in [-0.4, -0.2) is 28.7 Å². The SMILES string of the molecule is CC(CCO)CNC(=O)CCn1c(=O)oc2ccccc21. The van der Waals surface area contributed by atoms with E-state index in [2.05, 4.69) is 5.32 Å². The lowest BCUT2D eigenvalue weighted by atomic mass is 10.1. The van der Waals surface area contributed by atoms with E-state index in [1.54, 1.807) is 18.2 Å². The lowest BCUT2D eigenvalue weighted by molar-refractivity contribution is -0.121. The van der Waals surface area contributed by atoms with Crippen LogP contribution in [0.4, 0.5) is 0 Å². The first-order valence-corrected chi connectivity index (χ1v) is 7.07. The predicted octanol–water partition coefficient (Wildman–Crippen LogP) is 1.12. The number of carbonyl (C=O) groups is 1. The van der Waals surface area contributed by atoms with Gasteiger partial charge in [0.2, 0.25) is 5.91 Å². The summed E-state index contributed by atoms with van der Waals surface area (Å²) in [5.41, 5.74) is 1.23. The molecule has 0 saturated heterocycles. The van der Waals surface area contributed by atoms with E-state index in [0.29, 0.717) is 24.1 Å². The molecule has 1 heterocycles. The number of carbonyl (C=O) groups excluding carboxylic acids is 1. The molecule has 6 nitrogen and oxygen atoms in total. The number of oxazole rings is 1. The first-order valence-electron chi connectivity index (χ1n) is 7.07. The maximum Gasteiger partial charge on any atom is 0.419 e. The smallest absolute Gasteiger partial charge is 0.408 e. The van der Waals surface area contributed by atoms with E-state index in [0.717, 1.165) is 0 Å². The van der Waals surface area contributed by atoms with Crippen molar-refractivity contribution in [3.8, 4) is 0 Å². The lowest BCUT2D eigenvalue weighted by Gasteiger charge is -2.11. The Morgan fingerprint density at radius 3 is 2.95 bits per heavy atom. The second kappa shape index (κ2) is 7.08. The van der Waals surface area contributed by atoms with Crippen molar-refractivity contribution in [3.05, 3.63) is 34.8 Å². The zero-order chi connectivity index (χ0) is 15.2. The molecule has 0 fully saturated rings. The molecule has 2 aromatic rings. The second-order valence-corrected chi connectivity index (χ2v) is 5.16. The number of nitrogens with one attached hydrogen (secondary N) is 1. The number of hydrogen-bond acceptors (Lipinski definition) is 4. The summed E-state index contributed by atoms with van der Waals surface area (Å²) in [5.74, 6) is -0.328. The fourth-order valence-corrected chi connectivity index (χ4v) is 2.14. The summed E-state index contributed by atoms with van der Waals surface area (Å²) in [6.07, 6.45) is 0.876. The van der Waals surface area contributed by atoms with Crippen LogP contribution < -0.4 is 11.1 Å². The summed E-state index contributed by atoms with van der Waals surface area (Å²) in [6.45, 7) is 2.90. The molecule has 0 radical (unpaired) electrons. The van der Waals surface area contributed by atoms with Crippen LogP contribution in [-0.2, 0) is 11.3 Å². The van der Waals surface area contributed by atoms with Crippen LogP contribution in [0.1, 0.15) is 19.8 Å². The summed E-state index contributed by atoms with van der Waals surface area (Å²) in [4.78, 5) is 23.5. The van der Waals surface area contributed by atoms with Gasteiger partial charge in [0.25, 0.3) is 0 Å². The van der Waals surface area contributed by atoms with Crippen molar-refractivity contribution in [2.75, 3.05) is 13.2 Å². The van der Waals surface area contributed by atoms with E-state index < -0.39 is 5.76 Å². The Kier molecular flexibility index (Phi) is 5.16. The van der Waals surface area contributed by atoms with Gasteiger partial charge in [0.15, 0.2) is 5.58 Å². The van der Waals surface area contributed by atoms with E-state index in [1.807, 2.05) is 13.0 Å². The van der Waals surface area contributed by atoms with Crippen molar-refractivity contribution in [1.29, 1.82) is 0 Å². The monoisotopic (exact) mass is 292 g/mol. The minimum atomic E-state index is -0.447. The Morgan fingerprint density at radius 2 is 2.19 bits per heavy atom. The number of benzene rings is 1. The summed E-state index contributed by atoms with van der Waals surface area (Å²) < 4.78 is 6.57. The number of fused-ring (bicyclic) bond motifs is 1. The first kappa shape index (κ1) is 15.3. The number of aromatic nitrogens is 1. The molecule has 0 aliphatic carbocycles. The molecular formula is C15H20N2O4. The van der Waals surface area contributed by atoms with E-state index in [1.165, 1.54) is 4.57 Å². The molecule has 0 aliphatic rings. The van der Waals surface area contributed by atoms with Crippen molar-refractivity contribution in [2.24, 2.45) is 5.92 Å². The minimum Gasteiger partial charge on any atom is -0.408 e. The van der Waals surface area contributed by atoms with Gasteiger partial charge in [-0.1, -0.05) is 19.1 Å². The molecule has 0 aliphatic heterocycles. The van der Waals surface area contributed by atoms with E-state index >= 15 is 0 Å². The third kappa shape index (κ3) is 3.95. The van der Waals surface area contributed by atoms with Gasteiger partial charge in [-0.15, -0.1) is 0 Å². The van der Waals surface area contributed by atoms with Crippen LogP contribution in [0, 0.1) is 5.92 Å². The second-order valence-electron chi connectivity index (χ2n) is 5.16. The molecule has 1 aromatic carbocycles. The Morgan fingerprint density at radius 1 is 1.43 bits per heavy atom. The standard InChI is InChI=1S/C15H20N2O4/c1-11(7-9-18)10-16-14(19)6-8-17-12-4-2-3-5-13(12)21-15(17)20/h2-5,11,18H,6-10H2,1H3,(H,16,19). The molecule has 1 atom stereocenters. The number of rotatable bonds is 7. The zero-order valence-electron chi connectivity index (χ0n) is 12.0. The van der Waals surface area contributed by atoms with E-state index in [4.69, 9.17) is 9.52 Å². The maximum absolute atomic E-state index is 11.8. The highest BCUT2D eigenvalue weighted by Crippen LogP contribution is 2.11. The number of aryl methyl sites for hydroxylation is 1. The molecule has 114 valence electrons. The quantitative estimate of drug-likeness (QED) is 0.801. The maximum atomic E-state index is 11.8. The normalized spacial score (nSPS) is 12.5. The zero-order valence-corrected chi connectivity index (χ0v) is 12.0. The number of hydrogen-bond donors (Lipinski definition) is 2. The molecule has 21 heavy (non-hydrogen) atoms. The van der Waals surface area contributed by atoms with Crippen LogP contribution in [0.2, 0.25) is 0 Å². The number of nitrogens with zero attached hydrogens (tertiary/aromatic N) is 1. The average Bonchev–Trinajstić information content (AvgIpc) is 2.79. The fraction of sp³-hybridized carbons (Fsp3) is 0.467. The Bertz CT molecular complexity index is 659. The Labute approximate surface area is 122 Å². The Hall–Kier alpha value is -2.08. The summed E-state index contributed by atoms with van der Waals surface area (Å²) in [5, 5.41) is 11.6. The predicted molar refractivity (Wildman–Crippen MR) is 79.0 cm³/mol. The molecule has 1 unspecified atom stereocenters. The van der Waals surface area contributed by atoms with Crippen LogP contribution in [0.25, 0.3) is 11.1 Å². The Balaban J connectivity index is 1.91. The van der Waals surface area contributed by atoms with Gasteiger partial charge in [0.1, 0.15) is 0 Å². The average molecular weight is 292 g/mol. The van der Waals surface area contributed by atoms with Crippen molar-refractivity contribution >= 4 is 17.0 Å². The van der Waals surface area contributed by atoms with Gasteiger partial charge in [-0.2, -0.15) is 0 Å². The van der Waals surface area contributed by atoms with Gasteiger partial charge in [-0.25, -0.2) is 4.79 Å². The van der Waals surface area contributed by atoms with Gasteiger partial charge < -0.3 is 14.8 Å². The number of aliphatic hydroxyl groups is 1. The topological polar surface area (TPSA) is 84.5 Å². The molecule has 0 bridgehead atoms. The summed E-state index contributed by atoms with van der Waals surface area (Å²) >= 11 is 0. The highest BCUT2D eigenvalue weighted by atomic mass is 16.4. The van der Waals surface area contributed by atoms with Gasteiger partial charge in [-0.05, 0) is 24.5 Å². The number of aliphatic hydroxyl groups excluding tert-OH is 1. The molecule has 2 rings (SSSR count). The van der Waals surface area contributed by atoms with Crippen LogP contribution in [0.15, 0.2) is 33.5 Å². The van der Waals surface area contributed by atoms with Crippen molar-refractivity contribution in [3.63, 3.8) is 0 Å². The molecule has 0 spiro atoms. The number of amides is 1. The molecule has 2 N–H and O–H groups in total. The van der Waals surface area contributed by atoms with Gasteiger partial charge in [-0.3, -0.25) is 9.36 Å². The van der Waals surface area contributed by atoms with Gasteiger partial charge in [0, 0.05) is 26.1 Å². The molecule has 6 heteroatoms. The van der Waals surface area contributed by atoms with Gasteiger partial charge >= 0.3 is 5.76 Å². The minimum absolute atomic E-state index is 0.114. The number of para-hydroxylation sites is 2.